The third-order valence-electron chi connectivity index (χ3n) is 6.53. The van der Waals surface area contributed by atoms with Crippen LogP contribution in [0.15, 0.2) is 60.8 Å². The van der Waals surface area contributed by atoms with Crippen LogP contribution in [-0.4, -0.2) is 22.7 Å². The second kappa shape index (κ2) is 9.70. The van der Waals surface area contributed by atoms with Gasteiger partial charge in [-0.2, -0.15) is 0 Å². The Kier molecular flexibility index (Phi) is 6.69. The van der Waals surface area contributed by atoms with Gasteiger partial charge in [0.25, 0.3) is 11.8 Å². The van der Waals surface area contributed by atoms with Crippen LogP contribution < -0.4 is 16.0 Å². The molecule has 180 valence electrons. The first-order chi connectivity index (χ1) is 16.6. The van der Waals surface area contributed by atoms with E-state index in [1.165, 1.54) is 26.0 Å². The Morgan fingerprint density at radius 3 is 2.26 bits per heavy atom. The fourth-order valence-electron chi connectivity index (χ4n) is 4.17. The van der Waals surface area contributed by atoms with Crippen molar-refractivity contribution in [3.63, 3.8) is 0 Å². The molecule has 0 radical (unpaired) electrons. The third-order valence-corrected chi connectivity index (χ3v) is 6.53. The molecule has 0 bridgehead atoms. The average Bonchev–Trinajstić information content (AvgIpc) is 3.67. The first kappa shape index (κ1) is 24.1. The number of aromatic nitrogens is 1. The molecule has 3 N–H and O–H groups in total. The fraction of sp³-hybridized carbons (Fsp3) is 0.286. The summed E-state index contributed by atoms with van der Waals surface area (Å²) in [5, 5.41) is 8.31. The Hall–Kier alpha value is -4.00. The molecule has 3 aromatic rings. The molecule has 1 aliphatic carbocycles. The smallest absolute Gasteiger partial charge is 0.256 e. The van der Waals surface area contributed by atoms with Crippen molar-refractivity contribution < 1.29 is 14.4 Å². The van der Waals surface area contributed by atoms with Crippen molar-refractivity contribution in [3.05, 3.63) is 83.0 Å². The molecule has 1 aliphatic rings. The molecule has 0 atom stereocenters. The van der Waals surface area contributed by atoms with Gasteiger partial charge in [-0.15, -0.1) is 0 Å². The Balaban J connectivity index is 1.47. The maximum atomic E-state index is 13.0. The molecular formula is C28H30N4O3. The number of benzene rings is 2. The number of amides is 3. The Morgan fingerprint density at radius 2 is 1.60 bits per heavy atom. The van der Waals surface area contributed by atoms with E-state index in [-0.39, 0.29) is 23.1 Å². The van der Waals surface area contributed by atoms with Gasteiger partial charge in [0, 0.05) is 23.7 Å². The SMILES string of the molecule is CC(=O)Nc1ccc(NC(=O)c2cc(NC(=O)c3cccc(C(C)(C)C4CC4)c3)ccc2C)cn1. The standard InChI is InChI=1S/C28H30N4O3/c1-17-8-11-22(15-24(17)27(35)32-23-12-13-25(29-16-23)30-18(2)33)31-26(34)19-6-5-7-21(14-19)28(3,4)20-9-10-20/h5-8,11-16,20H,9-10H2,1-4H3,(H,31,34)(H,32,35)(H,29,30,33). The molecule has 35 heavy (non-hydrogen) atoms. The monoisotopic (exact) mass is 470 g/mol. The number of hydrogen-bond acceptors (Lipinski definition) is 4. The number of hydrogen-bond donors (Lipinski definition) is 3. The van der Waals surface area contributed by atoms with Crippen molar-refractivity contribution in [3.8, 4) is 0 Å². The van der Waals surface area contributed by atoms with E-state index in [1.807, 2.05) is 19.1 Å². The van der Waals surface area contributed by atoms with Gasteiger partial charge < -0.3 is 16.0 Å². The van der Waals surface area contributed by atoms with Crippen LogP contribution in [-0.2, 0) is 10.2 Å². The van der Waals surface area contributed by atoms with Crippen LogP contribution in [0.1, 0.15) is 65.5 Å². The normalized spacial score (nSPS) is 13.1. The van der Waals surface area contributed by atoms with Gasteiger partial charge in [-0.3, -0.25) is 14.4 Å². The number of nitrogens with one attached hydrogen (secondary N) is 3. The number of carbonyl (C=O) groups is 3. The van der Waals surface area contributed by atoms with Gasteiger partial charge in [0.1, 0.15) is 5.82 Å². The van der Waals surface area contributed by atoms with E-state index >= 15 is 0 Å². The molecule has 7 nitrogen and oxygen atoms in total. The Labute approximate surface area is 205 Å². The molecule has 1 heterocycles. The minimum absolute atomic E-state index is 0.0423. The largest absolute Gasteiger partial charge is 0.322 e. The first-order valence-electron chi connectivity index (χ1n) is 11.7. The van der Waals surface area contributed by atoms with E-state index in [0.29, 0.717) is 34.2 Å². The molecule has 3 amide bonds. The van der Waals surface area contributed by atoms with Crippen molar-refractivity contribution in [1.82, 2.24) is 4.98 Å². The quantitative estimate of drug-likeness (QED) is 0.422. The third kappa shape index (κ3) is 5.74. The summed E-state index contributed by atoms with van der Waals surface area (Å²) in [4.78, 5) is 41.2. The van der Waals surface area contributed by atoms with Crippen LogP contribution in [0.5, 0.6) is 0 Å². The van der Waals surface area contributed by atoms with Crippen molar-refractivity contribution in [2.75, 3.05) is 16.0 Å². The summed E-state index contributed by atoms with van der Waals surface area (Å²) >= 11 is 0. The summed E-state index contributed by atoms with van der Waals surface area (Å²) in [5.41, 5.74) is 4.04. The molecule has 0 saturated heterocycles. The van der Waals surface area contributed by atoms with Crippen LogP contribution in [0.3, 0.4) is 0 Å². The molecule has 7 heteroatoms. The summed E-state index contributed by atoms with van der Waals surface area (Å²) in [6.07, 6.45) is 3.93. The molecule has 1 fully saturated rings. The minimum Gasteiger partial charge on any atom is -0.322 e. The van der Waals surface area contributed by atoms with Crippen LogP contribution in [0.4, 0.5) is 17.2 Å². The summed E-state index contributed by atoms with van der Waals surface area (Å²) in [6, 6.07) is 16.3. The predicted octanol–water partition coefficient (Wildman–Crippen LogP) is 5.54. The first-order valence-corrected chi connectivity index (χ1v) is 11.7. The average molecular weight is 471 g/mol. The maximum Gasteiger partial charge on any atom is 0.256 e. The molecule has 0 unspecified atom stereocenters. The van der Waals surface area contributed by atoms with E-state index in [4.69, 9.17) is 0 Å². The Bertz CT molecular complexity index is 1280. The lowest BCUT2D eigenvalue weighted by Crippen LogP contribution is -2.21. The van der Waals surface area contributed by atoms with Gasteiger partial charge in [-0.25, -0.2) is 4.98 Å². The summed E-state index contributed by atoms with van der Waals surface area (Å²) in [7, 11) is 0. The number of rotatable bonds is 7. The van der Waals surface area contributed by atoms with Crippen LogP contribution in [0.25, 0.3) is 0 Å². The molecule has 4 rings (SSSR count). The van der Waals surface area contributed by atoms with E-state index < -0.39 is 0 Å². The highest BCUT2D eigenvalue weighted by Gasteiger charge is 2.39. The van der Waals surface area contributed by atoms with E-state index in [1.54, 1.807) is 36.4 Å². The van der Waals surface area contributed by atoms with Gasteiger partial charge in [0.2, 0.25) is 5.91 Å². The lowest BCUT2D eigenvalue weighted by molar-refractivity contribution is -0.114. The van der Waals surface area contributed by atoms with Gasteiger partial charge in [0.15, 0.2) is 0 Å². The highest BCUT2D eigenvalue weighted by Crippen LogP contribution is 2.47. The second-order valence-corrected chi connectivity index (χ2v) is 9.63. The zero-order valence-corrected chi connectivity index (χ0v) is 20.4. The van der Waals surface area contributed by atoms with Crippen molar-refractivity contribution in [2.24, 2.45) is 5.92 Å². The number of aryl methyl sites for hydroxylation is 1. The lowest BCUT2D eigenvalue weighted by atomic mass is 9.79. The Morgan fingerprint density at radius 1 is 0.886 bits per heavy atom. The number of anilines is 3. The molecule has 1 aromatic heterocycles. The van der Waals surface area contributed by atoms with Gasteiger partial charge in [-0.1, -0.05) is 32.0 Å². The highest BCUT2D eigenvalue weighted by molar-refractivity contribution is 6.08. The molecule has 0 aliphatic heterocycles. The zero-order valence-electron chi connectivity index (χ0n) is 20.4. The van der Waals surface area contributed by atoms with E-state index in [0.717, 1.165) is 11.1 Å². The second-order valence-electron chi connectivity index (χ2n) is 9.63. The van der Waals surface area contributed by atoms with Gasteiger partial charge in [0.05, 0.1) is 11.9 Å². The molecule has 0 spiro atoms. The lowest BCUT2D eigenvalue weighted by Gasteiger charge is -2.25. The molecule has 2 aromatic carbocycles. The summed E-state index contributed by atoms with van der Waals surface area (Å²) in [6.45, 7) is 7.70. The fourth-order valence-corrected chi connectivity index (χ4v) is 4.17. The number of pyridine rings is 1. The van der Waals surface area contributed by atoms with Crippen molar-refractivity contribution in [1.29, 1.82) is 0 Å². The minimum atomic E-state index is -0.319. The zero-order chi connectivity index (χ0) is 25.2. The van der Waals surface area contributed by atoms with Gasteiger partial charge >= 0.3 is 0 Å². The highest BCUT2D eigenvalue weighted by atomic mass is 16.2. The summed E-state index contributed by atoms with van der Waals surface area (Å²) in [5.74, 6) is 0.311. The maximum absolute atomic E-state index is 13.0. The topological polar surface area (TPSA) is 100 Å². The van der Waals surface area contributed by atoms with E-state index in [2.05, 4.69) is 40.8 Å². The molecule has 1 saturated carbocycles. The van der Waals surface area contributed by atoms with Crippen LogP contribution in [0, 0.1) is 12.8 Å². The summed E-state index contributed by atoms with van der Waals surface area (Å²) < 4.78 is 0. The van der Waals surface area contributed by atoms with Crippen molar-refractivity contribution >= 4 is 34.9 Å². The van der Waals surface area contributed by atoms with E-state index in [9.17, 15) is 14.4 Å². The van der Waals surface area contributed by atoms with Gasteiger partial charge in [-0.05, 0) is 78.6 Å². The number of carbonyl (C=O) groups excluding carboxylic acids is 3. The van der Waals surface area contributed by atoms with Crippen LogP contribution in [0.2, 0.25) is 0 Å². The molecular weight excluding hydrogens is 440 g/mol. The number of nitrogens with zero attached hydrogens (tertiary/aromatic N) is 1. The predicted molar refractivity (Wildman–Crippen MR) is 138 cm³/mol. The van der Waals surface area contributed by atoms with Crippen LogP contribution >= 0.6 is 0 Å². The van der Waals surface area contributed by atoms with Crippen molar-refractivity contribution in [2.45, 2.75) is 46.0 Å².